The summed E-state index contributed by atoms with van der Waals surface area (Å²) in [6.45, 7) is 5.69. The molecule has 0 aliphatic carbocycles. The Kier molecular flexibility index (Phi) is 7.65. The van der Waals surface area contributed by atoms with E-state index in [-0.39, 0.29) is 24.2 Å². The molecule has 0 radical (unpaired) electrons. The number of nitrogens with one attached hydrogen (secondary N) is 1. The summed E-state index contributed by atoms with van der Waals surface area (Å²) in [4.78, 5) is 32.8. The third-order valence-electron chi connectivity index (χ3n) is 4.67. The molecule has 1 aliphatic rings. The second-order valence-electron chi connectivity index (χ2n) is 6.91. The number of benzene rings is 1. The van der Waals surface area contributed by atoms with E-state index in [4.69, 9.17) is 0 Å². The highest BCUT2D eigenvalue weighted by Crippen LogP contribution is 2.17. The van der Waals surface area contributed by atoms with E-state index < -0.39 is 0 Å². The number of hydrogen-bond acceptors (Lipinski definition) is 5. The fourth-order valence-corrected chi connectivity index (χ4v) is 4.08. The molecule has 9 heteroatoms. The molecule has 1 N–H and O–H groups in total. The van der Waals surface area contributed by atoms with E-state index in [0.29, 0.717) is 37.6 Å². The first-order valence-corrected chi connectivity index (χ1v) is 10.7. The van der Waals surface area contributed by atoms with Crippen molar-refractivity contribution in [2.45, 2.75) is 25.0 Å². The van der Waals surface area contributed by atoms with Crippen LogP contribution in [-0.4, -0.2) is 69.6 Å². The molecule has 0 saturated carbocycles. The average Bonchev–Trinajstić information content (AvgIpc) is 3.14. The fraction of sp³-hybridized carbons (Fsp3) is 0.450. The van der Waals surface area contributed by atoms with Crippen LogP contribution in [0.15, 0.2) is 41.8 Å². The molecule has 0 spiro atoms. The molecule has 29 heavy (non-hydrogen) atoms. The fourth-order valence-electron chi connectivity index (χ4n) is 3.19. The molecule has 2 aromatic rings. The first-order chi connectivity index (χ1) is 14.0. The van der Waals surface area contributed by atoms with Crippen LogP contribution in [0.1, 0.15) is 13.3 Å². The summed E-state index contributed by atoms with van der Waals surface area (Å²) in [6.07, 6.45) is 4.71. The van der Waals surface area contributed by atoms with Gasteiger partial charge in [-0.15, -0.1) is 0 Å². The van der Waals surface area contributed by atoms with Crippen molar-refractivity contribution < 1.29 is 14.0 Å². The number of amides is 2. The molecule has 1 aromatic heterocycles. The first-order valence-electron chi connectivity index (χ1n) is 9.74. The number of aromatic nitrogens is 2. The molecule has 2 heterocycles. The van der Waals surface area contributed by atoms with E-state index in [0.717, 1.165) is 18.1 Å². The van der Waals surface area contributed by atoms with E-state index in [1.165, 1.54) is 23.9 Å². The average molecular weight is 420 g/mol. The van der Waals surface area contributed by atoms with Gasteiger partial charge in [-0.2, -0.15) is 0 Å². The molecule has 1 aliphatic heterocycles. The molecule has 0 unspecified atom stereocenters. The number of nitrogens with zero attached hydrogens (tertiary/aromatic N) is 4. The highest BCUT2D eigenvalue weighted by molar-refractivity contribution is 7.99. The number of aryl methyl sites for hydroxylation is 1. The van der Waals surface area contributed by atoms with Gasteiger partial charge in [0.15, 0.2) is 5.16 Å². The Morgan fingerprint density at radius 2 is 2.03 bits per heavy atom. The summed E-state index contributed by atoms with van der Waals surface area (Å²) in [5.41, 5.74) is 0.447. The van der Waals surface area contributed by atoms with Gasteiger partial charge in [0.1, 0.15) is 5.82 Å². The Hall–Kier alpha value is -2.39. The van der Waals surface area contributed by atoms with Crippen LogP contribution in [0, 0.1) is 5.82 Å². The summed E-state index contributed by atoms with van der Waals surface area (Å²) in [7, 11) is 0. The monoisotopic (exact) mass is 419 g/mol. The Labute approximate surface area is 174 Å². The Balaban J connectivity index is 1.39. The summed E-state index contributed by atoms with van der Waals surface area (Å²) < 4.78 is 15.3. The Morgan fingerprint density at radius 3 is 2.76 bits per heavy atom. The van der Waals surface area contributed by atoms with Crippen LogP contribution in [0.25, 0.3) is 0 Å². The predicted molar refractivity (Wildman–Crippen MR) is 111 cm³/mol. The maximum absolute atomic E-state index is 13.2. The van der Waals surface area contributed by atoms with Gasteiger partial charge >= 0.3 is 0 Å². The minimum Gasteiger partial charge on any atom is -0.339 e. The SMILES string of the molecule is CCCn1ccnc1SCC(=O)N1CCN(CC(=O)Nc2cccc(F)c2)CC1. The zero-order valence-corrected chi connectivity index (χ0v) is 17.3. The molecule has 3 rings (SSSR count). The highest BCUT2D eigenvalue weighted by atomic mass is 32.2. The molecule has 1 saturated heterocycles. The van der Waals surface area contributed by atoms with Crippen molar-refractivity contribution in [1.29, 1.82) is 0 Å². The zero-order chi connectivity index (χ0) is 20.6. The van der Waals surface area contributed by atoms with Gasteiger partial charge in [-0.3, -0.25) is 14.5 Å². The molecule has 0 bridgehead atoms. The van der Waals surface area contributed by atoms with E-state index in [1.807, 2.05) is 16.0 Å². The van der Waals surface area contributed by atoms with Crippen molar-refractivity contribution >= 4 is 29.3 Å². The first kappa shape index (κ1) is 21.3. The van der Waals surface area contributed by atoms with Gasteiger partial charge in [-0.1, -0.05) is 24.8 Å². The van der Waals surface area contributed by atoms with Crippen LogP contribution in [0.2, 0.25) is 0 Å². The smallest absolute Gasteiger partial charge is 0.238 e. The zero-order valence-electron chi connectivity index (χ0n) is 16.5. The number of halogens is 1. The van der Waals surface area contributed by atoms with Crippen LogP contribution in [-0.2, 0) is 16.1 Å². The van der Waals surface area contributed by atoms with Crippen molar-refractivity contribution in [2.75, 3.05) is 43.8 Å². The Morgan fingerprint density at radius 1 is 1.24 bits per heavy atom. The van der Waals surface area contributed by atoms with Crippen molar-refractivity contribution in [2.24, 2.45) is 0 Å². The maximum Gasteiger partial charge on any atom is 0.238 e. The highest BCUT2D eigenvalue weighted by Gasteiger charge is 2.23. The Bertz CT molecular complexity index is 836. The largest absolute Gasteiger partial charge is 0.339 e. The number of piperazine rings is 1. The molecule has 0 atom stereocenters. The van der Waals surface area contributed by atoms with Gasteiger partial charge < -0.3 is 14.8 Å². The molecule has 1 fully saturated rings. The number of rotatable bonds is 8. The lowest BCUT2D eigenvalue weighted by molar-refractivity contribution is -0.130. The molecular formula is C20H26FN5O2S. The lowest BCUT2D eigenvalue weighted by Crippen LogP contribution is -2.50. The maximum atomic E-state index is 13.2. The summed E-state index contributed by atoms with van der Waals surface area (Å²) in [5, 5.41) is 3.57. The van der Waals surface area contributed by atoms with Gasteiger partial charge in [-0.05, 0) is 24.6 Å². The molecule has 1 aromatic carbocycles. The van der Waals surface area contributed by atoms with Gasteiger partial charge in [0.05, 0.1) is 12.3 Å². The van der Waals surface area contributed by atoms with Crippen LogP contribution < -0.4 is 5.32 Å². The number of imidazole rings is 1. The number of hydrogen-bond donors (Lipinski definition) is 1. The number of anilines is 1. The minimum absolute atomic E-state index is 0.0879. The second-order valence-corrected chi connectivity index (χ2v) is 7.85. The van der Waals surface area contributed by atoms with Crippen LogP contribution in [0.5, 0.6) is 0 Å². The van der Waals surface area contributed by atoms with Crippen LogP contribution in [0.4, 0.5) is 10.1 Å². The van der Waals surface area contributed by atoms with E-state index in [2.05, 4.69) is 21.8 Å². The minimum atomic E-state index is -0.384. The summed E-state index contributed by atoms with van der Waals surface area (Å²) in [5.74, 6) is -0.121. The summed E-state index contributed by atoms with van der Waals surface area (Å²) >= 11 is 1.46. The second kappa shape index (κ2) is 10.4. The van der Waals surface area contributed by atoms with Crippen molar-refractivity contribution in [3.8, 4) is 0 Å². The number of carbonyl (C=O) groups excluding carboxylic acids is 2. The quantitative estimate of drug-likeness (QED) is 0.665. The van der Waals surface area contributed by atoms with Gasteiger partial charge in [0, 0.05) is 50.8 Å². The third kappa shape index (κ3) is 6.30. The predicted octanol–water partition coefficient (Wildman–Crippen LogP) is 2.31. The number of carbonyl (C=O) groups is 2. The lowest BCUT2D eigenvalue weighted by atomic mass is 10.3. The topological polar surface area (TPSA) is 70.5 Å². The van der Waals surface area contributed by atoms with Gasteiger partial charge in [0.2, 0.25) is 11.8 Å². The molecule has 156 valence electrons. The molecule has 7 nitrogen and oxygen atoms in total. The van der Waals surface area contributed by atoms with E-state index in [9.17, 15) is 14.0 Å². The van der Waals surface area contributed by atoms with Crippen molar-refractivity contribution in [3.05, 3.63) is 42.5 Å². The normalized spacial score (nSPS) is 14.8. The van der Waals surface area contributed by atoms with Crippen molar-refractivity contribution in [1.82, 2.24) is 19.4 Å². The van der Waals surface area contributed by atoms with Gasteiger partial charge in [0.25, 0.3) is 0 Å². The standard InChI is InChI=1S/C20H26FN5O2S/c1-2-7-26-8-6-22-20(26)29-15-19(28)25-11-9-24(10-12-25)14-18(27)23-17-5-3-4-16(21)13-17/h3-6,8,13H,2,7,9-12,14-15H2,1H3,(H,23,27). The third-order valence-corrected chi connectivity index (χ3v) is 5.66. The van der Waals surface area contributed by atoms with Crippen molar-refractivity contribution in [3.63, 3.8) is 0 Å². The molecule has 2 amide bonds. The molecular weight excluding hydrogens is 393 g/mol. The van der Waals surface area contributed by atoms with Crippen LogP contribution >= 0.6 is 11.8 Å². The van der Waals surface area contributed by atoms with E-state index in [1.54, 1.807) is 18.3 Å². The van der Waals surface area contributed by atoms with Gasteiger partial charge in [-0.25, -0.2) is 9.37 Å². The summed E-state index contributed by atoms with van der Waals surface area (Å²) in [6, 6.07) is 5.84. The van der Waals surface area contributed by atoms with Crippen LogP contribution in [0.3, 0.4) is 0 Å². The lowest BCUT2D eigenvalue weighted by Gasteiger charge is -2.34. The number of thioether (sulfide) groups is 1. The van der Waals surface area contributed by atoms with E-state index >= 15 is 0 Å².